The van der Waals surface area contributed by atoms with E-state index >= 15 is 0 Å². The Morgan fingerprint density at radius 2 is 1.50 bits per heavy atom. The second kappa shape index (κ2) is 14.5. The molecule has 9 heteroatoms. The lowest BCUT2D eigenvalue weighted by atomic mass is 10.5. The van der Waals surface area contributed by atoms with E-state index < -0.39 is 0 Å². The molecule has 0 aromatic carbocycles. The van der Waals surface area contributed by atoms with Crippen molar-refractivity contribution >= 4 is 28.5 Å². The van der Waals surface area contributed by atoms with E-state index in [1.54, 1.807) is 18.9 Å². The molecule has 1 aromatic heterocycles. The lowest BCUT2D eigenvalue weighted by Gasteiger charge is -2.19. The van der Waals surface area contributed by atoms with Crippen LogP contribution in [0.5, 0.6) is 0 Å². The second-order valence-corrected chi connectivity index (χ2v) is 8.66. The zero-order valence-electron chi connectivity index (χ0n) is 16.5. The van der Waals surface area contributed by atoms with Crippen molar-refractivity contribution in [3.8, 4) is 0 Å². The Kier molecular flexibility index (Phi) is 13.1. The minimum atomic E-state index is -0.285. The van der Waals surface area contributed by atoms with Gasteiger partial charge in [0.1, 0.15) is 16.7 Å². The molecule has 0 atom stereocenters. The smallest absolute Gasteiger partial charge is 0.142 e. The molecule has 152 valence electrons. The first-order chi connectivity index (χ1) is 12.6. The van der Waals surface area contributed by atoms with Gasteiger partial charge in [-0.05, 0) is 25.7 Å². The molecular weight excluding hydrogens is 374 g/mol. The molecule has 0 saturated carbocycles. The number of anilines is 1. The van der Waals surface area contributed by atoms with E-state index in [9.17, 15) is 0 Å². The minimum absolute atomic E-state index is 0.285. The third-order valence-corrected chi connectivity index (χ3v) is 5.47. The van der Waals surface area contributed by atoms with Gasteiger partial charge >= 0.3 is 0 Å². The summed E-state index contributed by atoms with van der Waals surface area (Å²) in [5, 5.41) is 4.46. The van der Waals surface area contributed by atoms with Crippen LogP contribution >= 0.6 is 22.7 Å². The third-order valence-electron chi connectivity index (χ3n) is 3.32. The van der Waals surface area contributed by atoms with Crippen molar-refractivity contribution in [3.05, 3.63) is 5.82 Å². The number of nitrogens with one attached hydrogen (secondary N) is 1. The van der Waals surface area contributed by atoms with Crippen LogP contribution < -0.4 is 5.32 Å². The molecule has 0 aliphatic heterocycles. The van der Waals surface area contributed by atoms with Gasteiger partial charge in [0.05, 0.1) is 51.1 Å². The average molecular weight is 408 g/mol. The lowest BCUT2D eigenvalue weighted by molar-refractivity contribution is 0.00495. The van der Waals surface area contributed by atoms with E-state index in [0.29, 0.717) is 52.8 Å². The highest BCUT2D eigenvalue weighted by Gasteiger charge is 2.14. The highest BCUT2D eigenvalue weighted by atomic mass is 32.2. The molecule has 0 amide bonds. The van der Waals surface area contributed by atoms with Crippen LogP contribution in [0.1, 0.15) is 5.82 Å². The summed E-state index contributed by atoms with van der Waals surface area (Å²) in [5.74, 6) is 1.73. The molecular formula is C17H33N3O4S2. The molecule has 0 unspecified atom stereocenters. The van der Waals surface area contributed by atoms with Crippen LogP contribution in [0.2, 0.25) is 0 Å². The van der Waals surface area contributed by atoms with E-state index in [4.69, 9.17) is 18.9 Å². The molecule has 0 saturated heterocycles. The van der Waals surface area contributed by atoms with Crippen molar-refractivity contribution < 1.29 is 18.9 Å². The van der Waals surface area contributed by atoms with Gasteiger partial charge in [-0.2, -0.15) is 0 Å². The van der Waals surface area contributed by atoms with Gasteiger partial charge in [0.15, 0.2) is 0 Å². The van der Waals surface area contributed by atoms with Gasteiger partial charge in [-0.1, -0.05) is 0 Å². The summed E-state index contributed by atoms with van der Waals surface area (Å²) in [6, 6.07) is 0. The maximum atomic E-state index is 5.60. The normalized spacial score (nSPS) is 11.7. The van der Waals surface area contributed by atoms with E-state index in [1.165, 1.54) is 4.90 Å². The van der Waals surface area contributed by atoms with Crippen molar-refractivity contribution in [2.24, 2.45) is 0 Å². The highest BCUT2D eigenvalue weighted by molar-refractivity contribution is 8.16. The van der Waals surface area contributed by atoms with Crippen LogP contribution in [0, 0.1) is 6.92 Å². The first-order valence-electron chi connectivity index (χ1n) is 8.66. The summed E-state index contributed by atoms with van der Waals surface area (Å²) in [5.41, 5.74) is 0. The molecule has 0 spiro atoms. The Labute approximate surface area is 164 Å². The molecule has 0 fully saturated rings. The van der Waals surface area contributed by atoms with E-state index in [-0.39, 0.29) is 10.9 Å². The minimum Gasteiger partial charge on any atom is -0.382 e. The van der Waals surface area contributed by atoms with E-state index in [2.05, 4.69) is 34.1 Å². The van der Waals surface area contributed by atoms with Crippen molar-refractivity contribution in [2.45, 2.75) is 16.8 Å². The SMILES string of the molecule is COCCOCCOCCOCCNc1nc(C)nc(SC)c1[SH](C)C. The van der Waals surface area contributed by atoms with E-state index in [0.717, 1.165) is 16.7 Å². The Morgan fingerprint density at radius 1 is 0.923 bits per heavy atom. The molecule has 1 rings (SSSR count). The van der Waals surface area contributed by atoms with Gasteiger partial charge in [0.2, 0.25) is 0 Å². The van der Waals surface area contributed by atoms with Gasteiger partial charge in [-0.3, -0.25) is 0 Å². The summed E-state index contributed by atoms with van der Waals surface area (Å²) in [7, 11) is 1.37. The maximum Gasteiger partial charge on any atom is 0.142 e. The van der Waals surface area contributed by atoms with Crippen molar-refractivity contribution in [1.82, 2.24) is 9.97 Å². The van der Waals surface area contributed by atoms with Crippen LogP contribution in [0.25, 0.3) is 0 Å². The predicted molar refractivity (Wildman–Crippen MR) is 110 cm³/mol. The van der Waals surface area contributed by atoms with Crippen LogP contribution in [-0.4, -0.2) is 88.6 Å². The quantitative estimate of drug-likeness (QED) is 0.198. The topological polar surface area (TPSA) is 74.7 Å². The zero-order chi connectivity index (χ0) is 19.2. The van der Waals surface area contributed by atoms with Crippen molar-refractivity contribution in [3.63, 3.8) is 0 Å². The Hall–Kier alpha value is -0.580. The fraction of sp³-hybridized carbons (Fsp3) is 0.765. The summed E-state index contributed by atoms with van der Waals surface area (Å²) in [6.45, 7) is 6.74. The van der Waals surface area contributed by atoms with E-state index in [1.807, 2.05) is 6.92 Å². The second-order valence-electron chi connectivity index (χ2n) is 5.63. The first-order valence-corrected chi connectivity index (χ1v) is 12.1. The number of methoxy groups -OCH3 is 1. The summed E-state index contributed by atoms with van der Waals surface area (Å²) < 4.78 is 21.2. The first kappa shape index (κ1) is 23.5. The molecule has 7 nitrogen and oxygen atoms in total. The van der Waals surface area contributed by atoms with Gasteiger partial charge in [0.25, 0.3) is 0 Å². The number of ether oxygens (including phenoxy) is 4. The Balaban J connectivity index is 2.19. The number of aromatic nitrogens is 2. The number of hydrogen-bond acceptors (Lipinski definition) is 8. The number of thiol groups is 1. The third kappa shape index (κ3) is 9.38. The monoisotopic (exact) mass is 407 g/mol. The number of nitrogens with zero attached hydrogens (tertiary/aromatic N) is 2. The summed E-state index contributed by atoms with van der Waals surface area (Å²) >= 11 is 1.67. The number of rotatable bonds is 15. The van der Waals surface area contributed by atoms with Crippen LogP contribution in [0.3, 0.4) is 0 Å². The molecule has 1 aromatic rings. The van der Waals surface area contributed by atoms with Gasteiger partial charge in [0, 0.05) is 13.7 Å². The Morgan fingerprint density at radius 3 is 2.04 bits per heavy atom. The molecule has 0 radical (unpaired) electrons. The standard InChI is InChI=1S/C17H33N3O4S2/c1-14-19-16(15(26(4)5)17(20-14)25-3)18-6-7-22-10-11-24-13-12-23-9-8-21-2/h26H,6-13H2,1-5H3,(H,18,19,20). The largest absolute Gasteiger partial charge is 0.382 e. The number of thioether (sulfide) groups is 1. The van der Waals surface area contributed by atoms with Crippen LogP contribution in [0.4, 0.5) is 5.82 Å². The Bertz CT molecular complexity index is 507. The van der Waals surface area contributed by atoms with Crippen LogP contribution in [-0.2, 0) is 18.9 Å². The molecule has 0 bridgehead atoms. The van der Waals surface area contributed by atoms with Gasteiger partial charge < -0.3 is 24.3 Å². The van der Waals surface area contributed by atoms with Gasteiger partial charge in [-0.25, -0.2) is 20.9 Å². The zero-order valence-corrected chi connectivity index (χ0v) is 18.3. The highest BCUT2D eigenvalue weighted by Crippen LogP contribution is 2.39. The molecule has 1 N–H and O–H groups in total. The molecule has 1 heterocycles. The predicted octanol–water partition coefficient (Wildman–Crippen LogP) is 2.23. The van der Waals surface area contributed by atoms with Crippen molar-refractivity contribution in [2.75, 3.05) is 84.0 Å². The molecule has 0 aliphatic rings. The summed E-state index contributed by atoms with van der Waals surface area (Å²) in [6.07, 6.45) is 6.50. The fourth-order valence-electron chi connectivity index (χ4n) is 2.14. The molecule has 0 aliphatic carbocycles. The van der Waals surface area contributed by atoms with Crippen molar-refractivity contribution in [1.29, 1.82) is 0 Å². The lowest BCUT2D eigenvalue weighted by Crippen LogP contribution is -2.16. The number of hydrogen-bond donors (Lipinski definition) is 2. The fourth-order valence-corrected chi connectivity index (χ4v) is 4.46. The average Bonchev–Trinajstić information content (AvgIpc) is 2.61. The maximum absolute atomic E-state index is 5.60. The molecule has 26 heavy (non-hydrogen) atoms. The van der Waals surface area contributed by atoms with Gasteiger partial charge in [-0.15, -0.1) is 11.8 Å². The van der Waals surface area contributed by atoms with Crippen LogP contribution in [0.15, 0.2) is 9.92 Å². The number of aryl methyl sites for hydroxylation is 1. The summed E-state index contributed by atoms with van der Waals surface area (Å²) in [4.78, 5) is 10.3.